The normalized spacial score (nSPS) is 12.0. The Morgan fingerprint density at radius 1 is 1.25 bits per heavy atom. The van der Waals surface area contributed by atoms with Crippen molar-refractivity contribution in [3.05, 3.63) is 35.9 Å². The van der Waals surface area contributed by atoms with E-state index in [4.69, 9.17) is 5.11 Å². The van der Waals surface area contributed by atoms with Crippen LogP contribution in [0.25, 0.3) is 0 Å². The van der Waals surface area contributed by atoms with Crippen LogP contribution in [0, 0.1) is 5.92 Å². The number of carbonyl (C=O) groups excluding carboxylic acids is 1. The van der Waals surface area contributed by atoms with E-state index in [1.165, 1.54) is 0 Å². The number of carbonyl (C=O) groups is 2. The summed E-state index contributed by atoms with van der Waals surface area (Å²) in [5.74, 6) is -1.17. The summed E-state index contributed by atoms with van der Waals surface area (Å²) in [4.78, 5) is 24.9. The van der Waals surface area contributed by atoms with E-state index in [2.05, 4.69) is 5.32 Å². The van der Waals surface area contributed by atoms with Crippen molar-refractivity contribution in [1.29, 1.82) is 0 Å². The van der Waals surface area contributed by atoms with Gasteiger partial charge in [-0.2, -0.15) is 0 Å². The lowest BCUT2D eigenvalue weighted by molar-refractivity contribution is -0.140. The summed E-state index contributed by atoms with van der Waals surface area (Å²) < 4.78 is 0. The summed E-state index contributed by atoms with van der Waals surface area (Å²) in [6, 6.07) is 8.40. The third-order valence-corrected chi connectivity index (χ3v) is 3.10. The Morgan fingerprint density at radius 3 is 2.30 bits per heavy atom. The van der Waals surface area contributed by atoms with Gasteiger partial charge in [0.1, 0.15) is 6.04 Å². The molecule has 0 aromatic heterocycles. The molecule has 1 rings (SSSR count). The quantitative estimate of drug-likeness (QED) is 0.839. The number of hydrogen-bond acceptors (Lipinski definition) is 2. The molecule has 0 heterocycles. The molecule has 0 saturated heterocycles. The van der Waals surface area contributed by atoms with Gasteiger partial charge in [0.25, 0.3) is 0 Å². The summed E-state index contributed by atoms with van der Waals surface area (Å²) in [6.45, 7) is 6.39. The summed E-state index contributed by atoms with van der Waals surface area (Å²) in [5.41, 5.74) is 1.01. The van der Waals surface area contributed by atoms with Crippen LogP contribution in [-0.4, -0.2) is 34.6 Å². The summed E-state index contributed by atoms with van der Waals surface area (Å²) in [5, 5.41) is 11.7. The van der Waals surface area contributed by atoms with Gasteiger partial charge >= 0.3 is 12.0 Å². The molecule has 5 nitrogen and oxygen atoms in total. The van der Waals surface area contributed by atoms with Gasteiger partial charge in [0, 0.05) is 13.1 Å². The molecule has 0 saturated carbocycles. The molecule has 2 N–H and O–H groups in total. The van der Waals surface area contributed by atoms with Crippen LogP contribution in [0.2, 0.25) is 0 Å². The van der Waals surface area contributed by atoms with Crippen molar-refractivity contribution in [3.8, 4) is 0 Å². The molecule has 1 aromatic rings. The van der Waals surface area contributed by atoms with Crippen LogP contribution in [0.15, 0.2) is 30.3 Å². The van der Waals surface area contributed by atoms with E-state index in [9.17, 15) is 9.59 Å². The van der Waals surface area contributed by atoms with Gasteiger partial charge in [-0.3, -0.25) is 0 Å². The first kappa shape index (κ1) is 16.0. The molecular weight excluding hydrogens is 256 g/mol. The third kappa shape index (κ3) is 4.57. The number of aliphatic carboxylic acids is 1. The highest BCUT2D eigenvalue weighted by Crippen LogP contribution is 2.07. The van der Waals surface area contributed by atoms with E-state index in [-0.39, 0.29) is 11.9 Å². The van der Waals surface area contributed by atoms with Crippen molar-refractivity contribution in [2.75, 3.05) is 6.54 Å². The Hall–Kier alpha value is -2.04. The topological polar surface area (TPSA) is 69.6 Å². The first-order valence-corrected chi connectivity index (χ1v) is 6.77. The second kappa shape index (κ2) is 7.53. The zero-order valence-corrected chi connectivity index (χ0v) is 12.2. The second-order valence-electron chi connectivity index (χ2n) is 5.01. The molecule has 2 amide bonds. The van der Waals surface area contributed by atoms with Crippen LogP contribution in [-0.2, 0) is 11.3 Å². The van der Waals surface area contributed by atoms with E-state index < -0.39 is 12.0 Å². The summed E-state index contributed by atoms with van der Waals surface area (Å²) in [6.07, 6.45) is 0. The van der Waals surface area contributed by atoms with Gasteiger partial charge in [0.05, 0.1) is 0 Å². The molecule has 0 radical (unpaired) electrons. The number of rotatable bonds is 6. The largest absolute Gasteiger partial charge is 0.480 e. The average Bonchev–Trinajstić information content (AvgIpc) is 2.42. The van der Waals surface area contributed by atoms with Crippen LogP contribution in [0.1, 0.15) is 26.3 Å². The van der Waals surface area contributed by atoms with Gasteiger partial charge in [0.15, 0.2) is 0 Å². The first-order chi connectivity index (χ1) is 9.45. The SMILES string of the molecule is CCN(Cc1ccccc1)C(=O)N[C@@H](C(=O)O)C(C)C. The third-order valence-electron chi connectivity index (χ3n) is 3.10. The van der Waals surface area contributed by atoms with Crippen LogP contribution >= 0.6 is 0 Å². The van der Waals surface area contributed by atoms with Crippen LogP contribution in [0.4, 0.5) is 4.79 Å². The highest BCUT2D eigenvalue weighted by atomic mass is 16.4. The maximum absolute atomic E-state index is 12.1. The van der Waals surface area contributed by atoms with Gasteiger partial charge in [-0.1, -0.05) is 44.2 Å². The molecule has 0 unspecified atom stereocenters. The van der Waals surface area contributed by atoms with Crippen molar-refractivity contribution in [3.63, 3.8) is 0 Å². The maximum Gasteiger partial charge on any atom is 0.326 e. The van der Waals surface area contributed by atoms with Gasteiger partial charge in [-0.25, -0.2) is 9.59 Å². The lowest BCUT2D eigenvalue weighted by atomic mass is 10.1. The predicted octanol–water partition coefficient (Wildman–Crippen LogP) is 2.33. The molecule has 1 aromatic carbocycles. The molecule has 0 fully saturated rings. The monoisotopic (exact) mass is 278 g/mol. The Kier molecular flexibility index (Phi) is 6.03. The second-order valence-corrected chi connectivity index (χ2v) is 5.01. The van der Waals surface area contributed by atoms with Crippen molar-refractivity contribution in [2.24, 2.45) is 5.92 Å². The molecule has 0 aliphatic heterocycles. The molecule has 0 aliphatic rings. The Balaban J connectivity index is 2.69. The lowest BCUT2D eigenvalue weighted by Crippen LogP contribution is -2.49. The molecule has 0 aliphatic carbocycles. The van der Waals surface area contributed by atoms with Crippen LogP contribution in [0.5, 0.6) is 0 Å². The fraction of sp³-hybridized carbons (Fsp3) is 0.467. The minimum absolute atomic E-state index is 0.160. The minimum atomic E-state index is -1.01. The predicted molar refractivity (Wildman–Crippen MR) is 77.3 cm³/mol. The molecule has 0 spiro atoms. The van der Waals surface area contributed by atoms with Crippen LogP contribution in [0.3, 0.4) is 0 Å². The Morgan fingerprint density at radius 2 is 1.85 bits per heavy atom. The standard InChI is InChI=1S/C15H22N2O3/c1-4-17(10-12-8-6-5-7-9-12)15(20)16-13(11(2)3)14(18)19/h5-9,11,13H,4,10H2,1-3H3,(H,16,20)(H,18,19)/t13-/m1/s1. The zero-order chi connectivity index (χ0) is 15.1. The number of benzene rings is 1. The van der Waals surface area contributed by atoms with E-state index in [1.54, 1.807) is 18.7 Å². The average molecular weight is 278 g/mol. The van der Waals surface area contributed by atoms with E-state index in [1.807, 2.05) is 37.3 Å². The molecule has 0 bridgehead atoms. The molecule has 110 valence electrons. The van der Waals surface area contributed by atoms with Gasteiger partial charge in [0.2, 0.25) is 0 Å². The number of nitrogens with one attached hydrogen (secondary N) is 1. The van der Waals surface area contributed by atoms with Gasteiger partial charge < -0.3 is 15.3 Å². The Bertz CT molecular complexity index is 446. The molecular formula is C15H22N2O3. The molecule has 20 heavy (non-hydrogen) atoms. The van der Waals surface area contributed by atoms with E-state index in [0.717, 1.165) is 5.56 Å². The van der Waals surface area contributed by atoms with Crippen molar-refractivity contribution < 1.29 is 14.7 Å². The van der Waals surface area contributed by atoms with Crippen molar-refractivity contribution >= 4 is 12.0 Å². The number of carboxylic acid groups (broad SMARTS) is 1. The number of nitrogens with zero attached hydrogens (tertiary/aromatic N) is 1. The first-order valence-electron chi connectivity index (χ1n) is 6.77. The minimum Gasteiger partial charge on any atom is -0.480 e. The number of hydrogen-bond donors (Lipinski definition) is 2. The smallest absolute Gasteiger partial charge is 0.326 e. The lowest BCUT2D eigenvalue weighted by Gasteiger charge is -2.25. The maximum atomic E-state index is 12.1. The number of urea groups is 1. The van der Waals surface area contributed by atoms with E-state index >= 15 is 0 Å². The van der Waals surface area contributed by atoms with Crippen molar-refractivity contribution in [1.82, 2.24) is 10.2 Å². The highest BCUT2D eigenvalue weighted by molar-refractivity contribution is 5.82. The summed E-state index contributed by atoms with van der Waals surface area (Å²) >= 11 is 0. The zero-order valence-electron chi connectivity index (χ0n) is 12.2. The van der Waals surface area contributed by atoms with Gasteiger partial charge in [-0.05, 0) is 18.4 Å². The fourth-order valence-corrected chi connectivity index (χ4v) is 1.87. The van der Waals surface area contributed by atoms with Crippen molar-refractivity contribution in [2.45, 2.75) is 33.4 Å². The van der Waals surface area contributed by atoms with E-state index in [0.29, 0.717) is 13.1 Å². The van der Waals surface area contributed by atoms with Crippen LogP contribution < -0.4 is 5.32 Å². The number of carboxylic acids is 1. The molecule has 1 atom stereocenters. The fourth-order valence-electron chi connectivity index (χ4n) is 1.87. The Labute approximate surface area is 119 Å². The summed E-state index contributed by atoms with van der Waals surface area (Å²) in [7, 11) is 0. The molecule has 5 heteroatoms. The van der Waals surface area contributed by atoms with Gasteiger partial charge in [-0.15, -0.1) is 0 Å². The highest BCUT2D eigenvalue weighted by Gasteiger charge is 2.25. The number of amides is 2.